The maximum absolute atomic E-state index is 13.4. The predicted molar refractivity (Wildman–Crippen MR) is 142 cm³/mol. The quantitative estimate of drug-likeness (QED) is 0.529. The molecule has 3 fully saturated rings. The van der Waals surface area contributed by atoms with Crippen LogP contribution in [0, 0.1) is 5.92 Å². The highest BCUT2D eigenvalue weighted by atomic mass is 35.5. The Morgan fingerprint density at radius 2 is 1.84 bits per heavy atom. The lowest BCUT2D eigenvalue weighted by Gasteiger charge is -2.37. The van der Waals surface area contributed by atoms with Gasteiger partial charge >= 0.3 is 0 Å². The molecule has 2 aliphatic heterocycles. The van der Waals surface area contributed by atoms with Crippen LogP contribution < -0.4 is 9.62 Å². The maximum atomic E-state index is 13.4. The van der Waals surface area contributed by atoms with Crippen molar-refractivity contribution in [2.24, 2.45) is 5.92 Å². The summed E-state index contributed by atoms with van der Waals surface area (Å²) in [6, 6.07) is 3.37. The van der Waals surface area contributed by atoms with E-state index in [1.807, 2.05) is 30.4 Å². The van der Waals surface area contributed by atoms with Crippen molar-refractivity contribution in [1.29, 1.82) is 0 Å². The third-order valence-corrected chi connectivity index (χ3v) is 9.61. The molecule has 3 heterocycles. The topological polar surface area (TPSA) is 108 Å². The Bertz CT molecular complexity index is 1310. The number of hydrogen-bond acceptors (Lipinski definition) is 6. The van der Waals surface area contributed by atoms with Crippen LogP contribution in [0.5, 0.6) is 0 Å². The second-order valence-electron chi connectivity index (χ2n) is 11.0. The van der Waals surface area contributed by atoms with Gasteiger partial charge in [-0.1, -0.05) is 13.8 Å². The average molecular weight is 551 g/mol. The van der Waals surface area contributed by atoms with Gasteiger partial charge < -0.3 is 14.7 Å². The van der Waals surface area contributed by atoms with E-state index in [9.17, 15) is 18.0 Å². The summed E-state index contributed by atoms with van der Waals surface area (Å²) in [5, 5.41) is 5.53. The predicted octanol–water partition coefficient (Wildman–Crippen LogP) is 2.18. The molecule has 0 radical (unpaired) electrons. The summed E-state index contributed by atoms with van der Waals surface area (Å²) < 4.78 is 31.6. The number of benzene rings is 1. The van der Waals surface area contributed by atoms with Crippen molar-refractivity contribution >= 4 is 50.0 Å². The number of carbonyl (C=O) groups is 2. The molecule has 3 aliphatic rings. The van der Waals surface area contributed by atoms with Gasteiger partial charge in [0.05, 0.1) is 22.7 Å². The van der Waals surface area contributed by atoms with Gasteiger partial charge in [-0.2, -0.15) is 5.10 Å². The van der Waals surface area contributed by atoms with E-state index >= 15 is 0 Å². The number of nitrogens with one attached hydrogen (secondary N) is 1. The first-order valence-electron chi connectivity index (χ1n) is 12.9. The van der Waals surface area contributed by atoms with Crippen LogP contribution in [-0.4, -0.2) is 90.5 Å². The van der Waals surface area contributed by atoms with E-state index in [0.29, 0.717) is 39.3 Å². The van der Waals surface area contributed by atoms with Crippen LogP contribution >= 0.6 is 11.6 Å². The van der Waals surface area contributed by atoms with Gasteiger partial charge in [0.1, 0.15) is 5.88 Å². The van der Waals surface area contributed by atoms with Crippen molar-refractivity contribution in [3.8, 4) is 0 Å². The van der Waals surface area contributed by atoms with Crippen LogP contribution in [0.3, 0.4) is 0 Å². The third kappa shape index (κ3) is 5.18. The van der Waals surface area contributed by atoms with Crippen molar-refractivity contribution < 1.29 is 18.0 Å². The minimum Gasteiger partial charge on any atom is -0.367 e. The second kappa shape index (κ2) is 9.74. The number of rotatable bonds is 7. The summed E-state index contributed by atoms with van der Waals surface area (Å²) in [5.41, 5.74) is 1.13. The molecule has 12 heteroatoms. The van der Waals surface area contributed by atoms with Gasteiger partial charge in [-0.3, -0.25) is 14.3 Å². The van der Waals surface area contributed by atoms with Gasteiger partial charge in [-0.15, -0.1) is 11.6 Å². The maximum Gasteiger partial charge on any atom is 0.241 e. The zero-order valence-corrected chi connectivity index (χ0v) is 23.2. The molecule has 202 valence electrons. The van der Waals surface area contributed by atoms with Crippen molar-refractivity contribution in [1.82, 2.24) is 24.3 Å². The number of sulfonamides is 1. The number of piperazine rings is 1. The molecule has 0 spiro atoms. The van der Waals surface area contributed by atoms with E-state index < -0.39 is 15.6 Å². The highest BCUT2D eigenvalue weighted by Gasteiger charge is 2.41. The van der Waals surface area contributed by atoms with E-state index in [1.165, 1.54) is 0 Å². The molecule has 2 aromatic rings. The zero-order valence-electron chi connectivity index (χ0n) is 21.6. The first-order chi connectivity index (χ1) is 17.5. The average Bonchev–Trinajstić information content (AvgIpc) is 3.25. The molecule has 1 unspecified atom stereocenters. The minimum atomic E-state index is -3.75. The lowest BCUT2D eigenvalue weighted by Crippen LogP contribution is -2.50. The van der Waals surface area contributed by atoms with Crippen LogP contribution in [0.15, 0.2) is 23.2 Å². The first-order valence-corrected chi connectivity index (χ1v) is 15.0. The Labute approximate surface area is 222 Å². The van der Waals surface area contributed by atoms with E-state index in [-0.39, 0.29) is 34.5 Å². The fourth-order valence-corrected chi connectivity index (χ4v) is 6.94. The smallest absolute Gasteiger partial charge is 0.241 e. The van der Waals surface area contributed by atoms with Gasteiger partial charge in [-0.05, 0) is 38.3 Å². The van der Waals surface area contributed by atoms with E-state index in [1.54, 1.807) is 23.2 Å². The monoisotopic (exact) mass is 550 g/mol. The number of aromatic nitrogens is 2. The molecule has 2 amide bonds. The van der Waals surface area contributed by atoms with Gasteiger partial charge in [0.2, 0.25) is 21.8 Å². The van der Waals surface area contributed by atoms with Crippen LogP contribution in [0.25, 0.3) is 10.9 Å². The summed E-state index contributed by atoms with van der Waals surface area (Å²) in [6.07, 6.45) is 4.14. The molecular weight excluding hydrogens is 516 g/mol. The summed E-state index contributed by atoms with van der Waals surface area (Å²) in [7, 11) is -3.75. The summed E-state index contributed by atoms with van der Waals surface area (Å²) in [4.78, 5) is 30.6. The minimum absolute atomic E-state index is 0.0588. The van der Waals surface area contributed by atoms with Gasteiger partial charge in [-0.25, -0.2) is 13.1 Å². The molecule has 1 saturated carbocycles. The fraction of sp³-hybridized carbons (Fsp3) is 0.640. The van der Waals surface area contributed by atoms with E-state index in [4.69, 9.17) is 11.6 Å². The molecule has 1 aromatic heterocycles. The molecule has 10 nitrogen and oxygen atoms in total. The molecule has 1 atom stereocenters. The Kier molecular flexibility index (Phi) is 6.91. The van der Waals surface area contributed by atoms with Gasteiger partial charge in [0.15, 0.2) is 0 Å². The summed E-state index contributed by atoms with van der Waals surface area (Å²) >= 11 is 5.76. The molecule has 2 saturated heterocycles. The molecule has 1 N–H and O–H groups in total. The summed E-state index contributed by atoms with van der Waals surface area (Å²) in [5.74, 6) is -0.0978. The highest BCUT2D eigenvalue weighted by Crippen LogP contribution is 2.38. The lowest BCUT2D eigenvalue weighted by atomic mass is 10.1. The second-order valence-corrected chi connectivity index (χ2v) is 13.0. The van der Waals surface area contributed by atoms with Crippen LogP contribution in [0.1, 0.15) is 46.1 Å². The SMILES string of the molecule is CC(C)C(=O)N1CCN(c2cc(S(=O)(=O)NC3(C)CC3)cc3c2cnn3C2CCN(C(=O)CCl)C2)CC1. The molecule has 1 aromatic carbocycles. The number of halogens is 1. The standard InChI is InChI=1S/C25H35ClN6O4S/c1-17(2)24(34)30-10-8-29(9-11-30)21-12-19(37(35,36)28-25(3)5-6-25)13-22-20(21)15-27-32(22)18-4-7-31(16-18)23(33)14-26/h12-13,15,17-18,28H,4-11,14,16H2,1-3H3. The number of hydrogen-bond donors (Lipinski definition) is 1. The van der Waals surface area contributed by atoms with Crippen molar-refractivity contribution in [2.45, 2.75) is 56.5 Å². The molecule has 0 bridgehead atoms. The number of carbonyl (C=O) groups excluding carboxylic acids is 2. The number of likely N-dealkylation sites (tertiary alicyclic amines) is 1. The van der Waals surface area contributed by atoms with Crippen molar-refractivity contribution in [3.63, 3.8) is 0 Å². The Morgan fingerprint density at radius 1 is 1.14 bits per heavy atom. The number of amides is 2. The Balaban J connectivity index is 1.51. The third-order valence-electron chi connectivity index (χ3n) is 7.76. The lowest BCUT2D eigenvalue weighted by molar-refractivity contribution is -0.134. The fourth-order valence-electron chi connectivity index (χ4n) is 5.27. The molecule has 37 heavy (non-hydrogen) atoms. The molecule has 5 rings (SSSR count). The van der Waals surface area contributed by atoms with Crippen LogP contribution in [0.2, 0.25) is 0 Å². The van der Waals surface area contributed by atoms with E-state index in [2.05, 4.69) is 14.7 Å². The Morgan fingerprint density at radius 3 is 2.46 bits per heavy atom. The van der Waals surface area contributed by atoms with Gasteiger partial charge in [0.25, 0.3) is 0 Å². The van der Waals surface area contributed by atoms with E-state index in [0.717, 1.165) is 35.9 Å². The summed E-state index contributed by atoms with van der Waals surface area (Å²) in [6.45, 7) is 9.17. The Hall–Kier alpha value is -2.37. The molecular formula is C25H35ClN6O4S. The molecule has 1 aliphatic carbocycles. The van der Waals surface area contributed by atoms with Crippen LogP contribution in [0.4, 0.5) is 5.69 Å². The van der Waals surface area contributed by atoms with Crippen molar-refractivity contribution in [2.75, 3.05) is 50.0 Å². The first kappa shape index (κ1) is 26.2. The number of alkyl halides is 1. The van der Waals surface area contributed by atoms with Gasteiger partial charge in [0, 0.05) is 61.8 Å². The van der Waals surface area contributed by atoms with Crippen molar-refractivity contribution in [3.05, 3.63) is 18.3 Å². The highest BCUT2D eigenvalue weighted by molar-refractivity contribution is 7.89. The number of fused-ring (bicyclic) bond motifs is 1. The number of nitrogens with zero attached hydrogens (tertiary/aromatic N) is 5. The number of anilines is 1. The largest absolute Gasteiger partial charge is 0.367 e. The van der Waals surface area contributed by atoms with Crippen LogP contribution in [-0.2, 0) is 19.6 Å². The normalized spacial score (nSPS) is 21.8. The zero-order chi connectivity index (χ0) is 26.5.